The van der Waals surface area contributed by atoms with Crippen molar-refractivity contribution in [2.24, 2.45) is 0 Å². The predicted octanol–water partition coefficient (Wildman–Crippen LogP) is 0.237. The Morgan fingerprint density at radius 1 is 1.71 bits per heavy atom. The maximum absolute atomic E-state index is 4.09. The number of hydrogen-bond acceptors (Lipinski definition) is 2. The van der Waals surface area contributed by atoms with Crippen LogP contribution in [0.3, 0.4) is 0 Å². The van der Waals surface area contributed by atoms with Crippen LogP contribution >= 0.6 is 12.6 Å². The molecule has 0 aromatic heterocycles. The lowest BCUT2D eigenvalue weighted by Gasteiger charge is -1.66. The van der Waals surface area contributed by atoms with Gasteiger partial charge >= 0.3 is 0 Å². The highest BCUT2D eigenvalue weighted by atomic mass is 32.1. The average Bonchev–Trinajstić information content (AvgIpc) is 2.22. The van der Waals surface area contributed by atoms with Crippen LogP contribution in [0.25, 0.3) is 0 Å². The Morgan fingerprint density at radius 2 is 2.29 bits per heavy atom. The Labute approximate surface area is 48.9 Å². The first-order valence-corrected chi connectivity index (χ1v) is 2.72. The third-order valence-electron chi connectivity index (χ3n) is 0.857. The molecule has 0 aromatic carbocycles. The van der Waals surface area contributed by atoms with E-state index < -0.39 is 0 Å². The molecule has 1 rings (SSSR count). The van der Waals surface area contributed by atoms with Gasteiger partial charge in [0.1, 0.15) is 0 Å². The Kier molecular flexibility index (Phi) is 1.27. The molecule has 2 heteroatoms. The van der Waals surface area contributed by atoms with Crippen molar-refractivity contribution in [3.05, 3.63) is 0 Å². The summed E-state index contributed by atoms with van der Waals surface area (Å²) in [7, 11) is 0. The molecule has 1 aliphatic heterocycles. The molecule has 0 unspecified atom stereocenters. The van der Waals surface area contributed by atoms with Crippen molar-refractivity contribution < 1.29 is 0 Å². The summed E-state index contributed by atoms with van der Waals surface area (Å²) >= 11 is 4.09. The first-order valence-electron chi connectivity index (χ1n) is 2.21. The fraction of sp³-hybridized carbons (Fsp3) is 0.600. The molecule has 1 heterocycles. The molecule has 1 saturated heterocycles. The van der Waals surface area contributed by atoms with E-state index in [9.17, 15) is 0 Å². The molecule has 1 N–H and O–H groups in total. The van der Waals surface area contributed by atoms with Gasteiger partial charge in [0.15, 0.2) is 0 Å². The van der Waals surface area contributed by atoms with E-state index in [2.05, 4.69) is 29.8 Å². The minimum atomic E-state index is 0.340. The van der Waals surface area contributed by atoms with Crippen molar-refractivity contribution in [2.75, 3.05) is 0 Å². The molecule has 1 nitrogen and oxygen atoms in total. The highest BCUT2D eigenvalue weighted by Gasteiger charge is 2.29. The van der Waals surface area contributed by atoms with E-state index in [0.717, 1.165) is 0 Å². The van der Waals surface area contributed by atoms with Crippen LogP contribution in [-0.4, -0.2) is 11.4 Å². The van der Waals surface area contributed by atoms with Crippen LogP contribution in [0.5, 0.6) is 0 Å². The summed E-state index contributed by atoms with van der Waals surface area (Å²) in [4.78, 5) is 0. The van der Waals surface area contributed by atoms with E-state index in [1.165, 1.54) is 0 Å². The maximum atomic E-state index is 4.09. The number of nitrogens with one attached hydrogen (secondary N) is 1. The van der Waals surface area contributed by atoms with Gasteiger partial charge in [-0.15, -0.1) is 5.92 Å². The van der Waals surface area contributed by atoms with Gasteiger partial charge in [0, 0.05) is 0 Å². The molecule has 1 aliphatic rings. The summed E-state index contributed by atoms with van der Waals surface area (Å²) in [6.45, 7) is 1.83. The molecule has 0 bridgehead atoms. The van der Waals surface area contributed by atoms with E-state index in [-0.39, 0.29) is 0 Å². The largest absolute Gasteiger partial charge is 0.288 e. The molecule has 1 fully saturated rings. The van der Waals surface area contributed by atoms with Crippen LogP contribution in [0.1, 0.15) is 6.92 Å². The molecule has 0 aromatic rings. The van der Waals surface area contributed by atoms with Gasteiger partial charge in [-0.1, -0.05) is 5.92 Å². The van der Waals surface area contributed by atoms with Crippen LogP contribution in [-0.2, 0) is 0 Å². The summed E-state index contributed by atoms with van der Waals surface area (Å²) in [5, 5.41) is 3.36. The first kappa shape index (κ1) is 5.02. The first-order chi connectivity index (χ1) is 3.34. The molecular formula is C5H7NS. The van der Waals surface area contributed by atoms with E-state index in [1.807, 2.05) is 6.92 Å². The highest BCUT2D eigenvalue weighted by molar-refractivity contribution is 7.81. The molecule has 0 radical (unpaired) electrons. The molecule has 2 atom stereocenters. The third kappa shape index (κ3) is 1.12. The molecule has 38 valence electrons. The van der Waals surface area contributed by atoms with Crippen LogP contribution in [0.15, 0.2) is 0 Å². The Bertz CT molecular complexity index is 122. The lowest BCUT2D eigenvalue weighted by molar-refractivity contribution is 1.24. The molecule has 7 heavy (non-hydrogen) atoms. The average molecular weight is 113 g/mol. The summed E-state index contributed by atoms with van der Waals surface area (Å²) in [6, 6.07) is 0.369. The number of hydrogen-bond donors (Lipinski definition) is 2. The highest BCUT2D eigenvalue weighted by Crippen LogP contribution is 2.11. The normalized spacial score (nSPS) is 36.3. The van der Waals surface area contributed by atoms with Crippen molar-refractivity contribution in [3.63, 3.8) is 0 Å². The van der Waals surface area contributed by atoms with Crippen molar-refractivity contribution in [2.45, 2.75) is 18.3 Å². The Hall–Kier alpha value is -0.130. The zero-order chi connectivity index (χ0) is 5.28. The summed E-state index contributed by atoms with van der Waals surface area (Å²) in [5.41, 5.74) is 0. The van der Waals surface area contributed by atoms with Gasteiger partial charge in [0.05, 0.1) is 11.4 Å². The minimum absolute atomic E-state index is 0.340. The van der Waals surface area contributed by atoms with Crippen molar-refractivity contribution in [1.29, 1.82) is 0 Å². The van der Waals surface area contributed by atoms with Crippen LogP contribution in [0, 0.1) is 11.8 Å². The fourth-order valence-corrected chi connectivity index (χ4v) is 0.640. The van der Waals surface area contributed by atoms with Gasteiger partial charge in [-0.25, -0.2) is 0 Å². The topological polar surface area (TPSA) is 21.9 Å². The minimum Gasteiger partial charge on any atom is -0.288 e. The van der Waals surface area contributed by atoms with Gasteiger partial charge in [-0.2, -0.15) is 12.6 Å². The molecule has 0 amide bonds. The zero-order valence-electron chi connectivity index (χ0n) is 4.10. The number of rotatable bonds is 0. The zero-order valence-corrected chi connectivity index (χ0v) is 5.00. The fourth-order valence-electron chi connectivity index (χ4n) is 0.405. The van der Waals surface area contributed by atoms with Crippen LogP contribution < -0.4 is 5.32 Å². The number of thiol groups is 1. The van der Waals surface area contributed by atoms with Gasteiger partial charge in [-0.3, -0.25) is 5.32 Å². The monoisotopic (exact) mass is 113 g/mol. The summed E-state index contributed by atoms with van der Waals surface area (Å²) < 4.78 is 0. The predicted molar refractivity (Wildman–Crippen MR) is 33.1 cm³/mol. The lowest BCUT2D eigenvalue weighted by atomic mass is 10.5. The van der Waals surface area contributed by atoms with Gasteiger partial charge < -0.3 is 0 Å². The van der Waals surface area contributed by atoms with Crippen molar-refractivity contribution >= 4 is 12.6 Å². The standard InChI is InChI=1S/C5H7NS/c1-2-3-4-5(7)6-4/h4-7H,1H3/t4-,5-/m1/s1. The van der Waals surface area contributed by atoms with Gasteiger partial charge in [-0.05, 0) is 6.92 Å². The Morgan fingerprint density at radius 3 is 2.43 bits per heavy atom. The van der Waals surface area contributed by atoms with Gasteiger partial charge in [0.25, 0.3) is 0 Å². The maximum Gasteiger partial charge on any atom is 0.0946 e. The van der Waals surface area contributed by atoms with E-state index >= 15 is 0 Å². The van der Waals surface area contributed by atoms with Crippen LogP contribution in [0.2, 0.25) is 0 Å². The molecule has 0 aliphatic carbocycles. The SMILES string of the molecule is CC#C[C@H]1N[C@@H]1S. The second-order valence-corrected chi connectivity index (χ2v) is 2.04. The Balaban J connectivity index is 2.29. The van der Waals surface area contributed by atoms with Crippen molar-refractivity contribution in [3.8, 4) is 11.8 Å². The third-order valence-corrected chi connectivity index (χ3v) is 1.30. The van der Waals surface area contributed by atoms with E-state index in [1.54, 1.807) is 0 Å². The summed E-state index contributed by atoms with van der Waals surface area (Å²) in [6.07, 6.45) is 0. The van der Waals surface area contributed by atoms with Crippen LogP contribution in [0.4, 0.5) is 0 Å². The van der Waals surface area contributed by atoms with E-state index in [0.29, 0.717) is 11.4 Å². The second-order valence-electron chi connectivity index (χ2n) is 1.48. The van der Waals surface area contributed by atoms with Gasteiger partial charge in [0.2, 0.25) is 0 Å². The lowest BCUT2D eigenvalue weighted by Crippen LogP contribution is -1.80. The molecule has 0 saturated carbocycles. The smallest absolute Gasteiger partial charge is 0.0946 e. The van der Waals surface area contributed by atoms with Crippen molar-refractivity contribution in [1.82, 2.24) is 5.32 Å². The second kappa shape index (κ2) is 1.77. The van der Waals surface area contributed by atoms with E-state index in [4.69, 9.17) is 0 Å². The quantitative estimate of drug-likeness (QED) is 0.262. The molecule has 0 spiro atoms. The summed E-state index contributed by atoms with van der Waals surface area (Å²) in [5.74, 6) is 5.73. The molecular weight excluding hydrogens is 106 g/mol.